The minimum Gasteiger partial charge on any atom is -0.322 e. The Kier molecular flexibility index (Phi) is 3.22. The predicted molar refractivity (Wildman–Crippen MR) is 72.8 cm³/mol. The van der Waals surface area contributed by atoms with Crippen molar-refractivity contribution in [1.29, 1.82) is 0 Å². The van der Waals surface area contributed by atoms with Crippen LogP contribution in [0.4, 0.5) is 10.1 Å². The number of nitrogens with one attached hydrogen (secondary N) is 1. The molecule has 0 aliphatic rings. The molecular formula is C14H18FN3. The highest BCUT2D eigenvalue weighted by Gasteiger charge is 2.23. The zero-order valence-electron chi connectivity index (χ0n) is 10.9. The lowest BCUT2D eigenvalue weighted by atomic mass is 9.84. The first-order valence-electron chi connectivity index (χ1n) is 6.05. The lowest BCUT2D eigenvalue weighted by Crippen LogP contribution is -2.22. The summed E-state index contributed by atoms with van der Waals surface area (Å²) in [5, 5.41) is 0.749. The number of hydrogen-bond donors (Lipinski definition) is 2. The normalized spacial score (nSPS) is 11.8. The van der Waals surface area contributed by atoms with Crippen LogP contribution in [0.25, 0.3) is 10.9 Å². The van der Waals surface area contributed by atoms with Crippen molar-refractivity contribution in [2.45, 2.75) is 32.6 Å². The Morgan fingerprint density at radius 3 is 2.67 bits per heavy atom. The molecule has 1 aromatic heterocycles. The molecule has 3 nitrogen and oxygen atoms in total. The number of nitrogens with zero attached hydrogens (tertiary/aromatic N) is 1. The van der Waals surface area contributed by atoms with Gasteiger partial charge in [-0.3, -0.25) is 10.8 Å². The third-order valence-electron chi connectivity index (χ3n) is 3.46. The molecule has 1 aromatic carbocycles. The summed E-state index contributed by atoms with van der Waals surface area (Å²) in [5.41, 5.74) is 5.03. The van der Waals surface area contributed by atoms with Gasteiger partial charge in [0, 0.05) is 10.8 Å². The lowest BCUT2D eigenvalue weighted by molar-refractivity contribution is 0.493. The van der Waals surface area contributed by atoms with Crippen molar-refractivity contribution in [3.63, 3.8) is 0 Å². The van der Waals surface area contributed by atoms with Gasteiger partial charge in [0.05, 0.1) is 16.9 Å². The van der Waals surface area contributed by atoms with Crippen molar-refractivity contribution >= 4 is 16.6 Å². The number of hydrogen-bond acceptors (Lipinski definition) is 3. The molecule has 2 aromatic rings. The molecule has 0 unspecified atom stereocenters. The minimum absolute atomic E-state index is 0.0791. The highest BCUT2D eigenvalue weighted by atomic mass is 19.1. The third kappa shape index (κ3) is 2.16. The molecule has 0 fully saturated rings. The molecule has 0 amide bonds. The maximum Gasteiger partial charge on any atom is 0.123 e. The Balaban J connectivity index is 2.70. The molecule has 96 valence electrons. The summed E-state index contributed by atoms with van der Waals surface area (Å²) in [6.07, 6.45) is 0.946. The fourth-order valence-electron chi connectivity index (χ4n) is 1.94. The van der Waals surface area contributed by atoms with Crippen LogP contribution in [0, 0.1) is 5.82 Å². The first-order valence-corrected chi connectivity index (χ1v) is 6.05. The summed E-state index contributed by atoms with van der Waals surface area (Å²) < 4.78 is 13.2. The highest BCUT2D eigenvalue weighted by Crippen LogP contribution is 2.33. The van der Waals surface area contributed by atoms with Crippen LogP contribution in [-0.4, -0.2) is 4.98 Å². The van der Waals surface area contributed by atoms with Crippen molar-refractivity contribution in [2.75, 3.05) is 5.43 Å². The average molecular weight is 247 g/mol. The van der Waals surface area contributed by atoms with Crippen molar-refractivity contribution in [2.24, 2.45) is 5.84 Å². The van der Waals surface area contributed by atoms with Gasteiger partial charge in [-0.1, -0.05) is 20.8 Å². The molecule has 2 rings (SSSR count). The molecule has 1 heterocycles. The molecule has 0 atom stereocenters. The monoisotopic (exact) mass is 247 g/mol. The SMILES string of the molecule is CCC(C)(C)c1nc2ccc(F)cc2cc1NN. The highest BCUT2D eigenvalue weighted by molar-refractivity contribution is 5.83. The van der Waals surface area contributed by atoms with Gasteiger partial charge in [0.15, 0.2) is 0 Å². The Morgan fingerprint density at radius 1 is 1.33 bits per heavy atom. The van der Waals surface area contributed by atoms with Gasteiger partial charge in [-0.25, -0.2) is 4.39 Å². The average Bonchev–Trinajstić information content (AvgIpc) is 2.36. The lowest BCUT2D eigenvalue weighted by Gasteiger charge is -2.25. The molecule has 0 aliphatic carbocycles. The number of halogens is 1. The molecular weight excluding hydrogens is 229 g/mol. The molecule has 0 bridgehead atoms. The van der Waals surface area contributed by atoms with E-state index in [4.69, 9.17) is 5.84 Å². The summed E-state index contributed by atoms with van der Waals surface area (Å²) in [7, 11) is 0. The molecule has 0 saturated carbocycles. The van der Waals surface area contributed by atoms with Gasteiger partial charge in [0.1, 0.15) is 5.82 Å². The van der Waals surface area contributed by atoms with Crippen molar-refractivity contribution in [3.05, 3.63) is 35.8 Å². The van der Waals surface area contributed by atoms with E-state index >= 15 is 0 Å². The van der Waals surface area contributed by atoms with Crippen LogP contribution in [0.1, 0.15) is 32.9 Å². The van der Waals surface area contributed by atoms with Gasteiger partial charge < -0.3 is 5.43 Å². The van der Waals surface area contributed by atoms with Crippen LogP contribution in [0.3, 0.4) is 0 Å². The standard InChI is InChI=1S/C14H18FN3/c1-4-14(2,3)13-12(18-16)8-9-7-10(15)5-6-11(9)17-13/h5-8,18H,4,16H2,1-3H3. The largest absolute Gasteiger partial charge is 0.322 e. The number of aromatic nitrogens is 1. The second-order valence-corrected chi connectivity index (χ2v) is 5.10. The summed E-state index contributed by atoms with van der Waals surface area (Å²) in [6, 6.07) is 6.43. The predicted octanol–water partition coefficient (Wildman–Crippen LogP) is 3.35. The van der Waals surface area contributed by atoms with E-state index in [1.54, 1.807) is 6.07 Å². The molecule has 0 saturated heterocycles. The Bertz CT molecular complexity index is 579. The van der Waals surface area contributed by atoms with Gasteiger partial charge in [-0.2, -0.15) is 0 Å². The van der Waals surface area contributed by atoms with Gasteiger partial charge in [-0.05, 0) is 30.7 Å². The Hall–Kier alpha value is -1.68. The van der Waals surface area contributed by atoms with Crippen molar-refractivity contribution < 1.29 is 4.39 Å². The summed E-state index contributed by atoms with van der Waals surface area (Å²) >= 11 is 0. The van der Waals surface area contributed by atoms with Crippen LogP contribution in [0.2, 0.25) is 0 Å². The maximum absolute atomic E-state index is 13.2. The van der Waals surface area contributed by atoms with Gasteiger partial charge >= 0.3 is 0 Å². The summed E-state index contributed by atoms with van der Waals surface area (Å²) in [4.78, 5) is 4.62. The molecule has 3 N–H and O–H groups in total. The maximum atomic E-state index is 13.2. The van der Waals surface area contributed by atoms with Crippen LogP contribution in [0.5, 0.6) is 0 Å². The fourth-order valence-corrected chi connectivity index (χ4v) is 1.94. The Morgan fingerprint density at radius 2 is 2.06 bits per heavy atom. The van der Waals surface area contributed by atoms with E-state index in [-0.39, 0.29) is 11.2 Å². The van der Waals surface area contributed by atoms with Gasteiger partial charge in [0.2, 0.25) is 0 Å². The minimum atomic E-state index is -0.269. The number of fused-ring (bicyclic) bond motifs is 1. The second-order valence-electron chi connectivity index (χ2n) is 5.10. The van der Waals surface area contributed by atoms with Gasteiger partial charge in [0.25, 0.3) is 0 Å². The summed E-state index contributed by atoms with van der Waals surface area (Å²) in [6.45, 7) is 6.34. The first kappa shape index (κ1) is 12.8. The first-order chi connectivity index (χ1) is 8.47. The fraction of sp³-hybridized carbons (Fsp3) is 0.357. The van der Waals surface area contributed by atoms with E-state index in [1.165, 1.54) is 12.1 Å². The second kappa shape index (κ2) is 4.53. The van der Waals surface area contributed by atoms with E-state index in [1.807, 2.05) is 6.07 Å². The zero-order valence-corrected chi connectivity index (χ0v) is 10.9. The number of nitrogen functional groups attached to an aromatic ring is 1. The van der Waals surface area contributed by atoms with Crippen LogP contribution in [0.15, 0.2) is 24.3 Å². The van der Waals surface area contributed by atoms with E-state index in [0.717, 1.165) is 28.7 Å². The Labute approximate surface area is 106 Å². The van der Waals surface area contributed by atoms with E-state index in [0.29, 0.717) is 0 Å². The number of hydrazine groups is 1. The van der Waals surface area contributed by atoms with Gasteiger partial charge in [-0.15, -0.1) is 0 Å². The topological polar surface area (TPSA) is 50.9 Å². The van der Waals surface area contributed by atoms with Crippen LogP contribution >= 0.6 is 0 Å². The number of rotatable bonds is 3. The van der Waals surface area contributed by atoms with Crippen molar-refractivity contribution in [3.8, 4) is 0 Å². The molecule has 0 aliphatic heterocycles. The quantitative estimate of drug-likeness (QED) is 0.646. The number of benzene rings is 1. The molecule has 18 heavy (non-hydrogen) atoms. The van der Waals surface area contributed by atoms with Crippen molar-refractivity contribution in [1.82, 2.24) is 4.98 Å². The van der Waals surface area contributed by atoms with Crippen LogP contribution in [-0.2, 0) is 5.41 Å². The molecule has 4 heteroatoms. The molecule has 0 spiro atoms. The smallest absolute Gasteiger partial charge is 0.123 e. The third-order valence-corrected chi connectivity index (χ3v) is 3.46. The van der Waals surface area contributed by atoms with E-state index in [2.05, 4.69) is 31.2 Å². The zero-order chi connectivity index (χ0) is 13.3. The number of pyridine rings is 1. The number of nitrogens with two attached hydrogens (primary N) is 1. The van der Waals surface area contributed by atoms with E-state index < -0.39 is 0 Å². The van der Waals surface area contributed by atoms with E-state index in [9.17, 15) is 4.39 Å². The number of anilines is 1. The summed E-state index contributed by atoms with van der Waals surface area (Å²) in [5.74, 6) is 5.28. The molecule has 0 radical (unpaired) electrons. The van der Waals surface area contributed by atoms with Crippen LogP contribution < -0.4 is 11.3 Å².